The molecule has 1 heterocycles. The van der Waals surface area contributed by atoms with Gasteiger partial charge >= 0.3 is 12.0 Å². The fraction of sp³-hybridized carbons (Fsp3) is 0.143. The third-order valence-electron chi connectivity index (χ3n) is 5.46. The van der Waals surface area contributed by atoms with Crippen molar-refractivity contribution in [2.75, 3.05) is 26.0 Å². The summed E-state index contributed by atoms with van der Waals surface area (Å²) in [6.45, 7) is 0.697. The minimum Gasteiger partial charge on any atom is -0.480 e. The van der Waals surface area contributed by atoms with E-state index in [0.717, 1.165) is 11.1 Å². The van der Waals surface area contributed by atoms with Gasteiger partial charge in [0.15, 0.2) is 0 Å². The van der Waals surface area contributed by atoms with Crippen LogP contribution in [0.25, 0.3) is 0 Å². The Morgan fingerprint density at radius 3 is 2.17 bits per heavy atom. The fourth-order valence-corrected chi connectivity index (χ4v) is 3.64. The van der Waals surface area contributed by atoms with Gasteiger partial charge in [-0.05, 0) is 35.4 Å². The molecule has 0 spiro atoms. The summed E-state index contributed by atoms with van der Waals surface area (Å²) in [5, 5.41) is 2.82. The molecule has 1 N–H and O–H groups in total. The van der Waals surface area contributed by atoms with E-state index in [9.17, 15) is 9.59 Å². The molecule has 0 aliphatic carbocycles. The second kappa shape index (κ2) is 11.1. The second-order valence-corrected chi connectivity index (χ2v) is 7.98. The molecule has 178 valence electrons. The number of nitrogens with zero attached hydrogens (tertiary/aromatic N) is 2. The summed E-state index contributed by atoms with van der Waals surface area (Å²) in [5.41, 5.74) is 2.54. The van der Waals surface area contributed by atoms with Gasteiger partial charge in [-0.25, -0.2) is 9.59 Å². The van der Waals surface area contributed by atoms with Gasteiger partial charge in [0, 0.05) is 37.9 Å². The lowest BCUT2D eigenvalue weighted by Crippen LogP contribution is -2.26. The minimum atomic E-state index is -0.563. The van der Waals surface area contributed by atoms with Crippen molar-refractivity contribution in [2.45, 2.75) is 6.10 Å². The largest absolute Gasteiger partial charge is 0.480 e. The SMILES string of the molecule is COC(=O)c1cc(NC(=O)N2C=CCN(C)C=C2)ccc1OC(c1ccccc1)c1ccccc1. The van der Waals surface area contributed by atoms with Crippen molar-refractivity contribution in [3.8, 4) is 5.75 Å². The number of rotatable bonds is 6. The van der Waals surface area contributed by atoms with Gasteiger partial charge in [-0.15, -0.1) is 0 Å². The number of carbonyl (C=O) groups is 2. The van der Waals surface area contributed by atoms with Crippen LogP contribution in [-0.4, -0.2) is 42.5 Å². The van der Waals surface area contributed by atoms with Crippen LogP contribution in [0.1, 0.15) is 27.6 Å². The second-order valence-electron chi connectivity index (χ2n) is 7.98. The van der Waals surface area contributed by atoms with E-state index >= 15 is 0 Å². The lowest BCUT2D eigenvalue weighted by molar-refractivity contribution is 0.0594. The fourth-order valence-electron chi connectivity index (χ4n) is 3.64. The van der Waals surface area contributed by atoms with Crippen molar-refractivity contribution in [3.05, 3.63) is 120 Å². The van der Waals surface area contributed by atoms with Crippen LogP contribution in [0.5, 0.6) is 5.75 Å². The molecule has 0 fully saturated rings. The Kier molecular flexibility index (Phi) is 7.47. The molecule has 7 nitrogen and oxygen atoms in total. The Hall–Kier alpha value is -4.52. The first-order valence-electron chi connectivity index (χ1n) is 11.2. The first kappa shape index (κ1) is 23.6. The van der Waals surface area contributed by atoms with Crippen LogP contribution in [0.4, 0.5) is 10.5 Å². The lowest BCUT2D eigenvalue weighted by Gasteiger charge is -2.22. The molecule has 3 aromatic rings. The number of anilines is 1. The molecular formula is C28H27N3O4. The maximum absolute atomic E-state index is 12.8. The van der Waals surface area contributed by atoms with Gasteiger partial charge in [-0.3, -0.25) is 4.90 Å². The standard InChI is InChI=1S/C28H27N3O4/c1-30-16-9-17-31(19-18-30)28(33)29-23-14-15-25(24(20-23)27(32)34-2)35-26(21-10-5-3-6-11-21)22-12-7-4-8-13-22/h3-15,17-20,26H,16H2,1-2H3,(H,29,33). The highest BCUT2D eigenvalue weighted by atomic mass is 16.5. The van der Waals surface area contributed by atoms with Crippen molar-refractivity contribution in [1.29, 1.82) is 0 Å². The highest BCUT2D eigenvalue weighted by Gasteiger charge is 2.22. The molecule has 1 aliphatic heterocycles. The number of esters is 1. The number of hydrogen-bond acceptors (Lipinski definition) is 5. The van der Waals surface area contributed by atoms with Crippen molar-refractivity contribution in [2.24, 2.45) is 0 Å². The van der Waals surface area contributed by atoms with Gasteiger partial charge in [0.25, 0.3) is 0 Å². The van der Waals surface area contributed by atoms with Crippen LogP contribution in [0.2, 0.25) is 0 Å². The van der Waals surface area contributed by atoms with Gasteiger partial charge in [0.05, 0.1) is 7.11 Å². The Labute approximate surface area is 204 Å². The average Bonchev–Trinajstić information content (AvgIpc) is 3.12. The smallest absolute Gasteiger partial charge is 0.341 e. The first-order chi connectivity index (χ1) is 17.0. The van der Waals surface area contributed by atoms with Crippen molar-refractivity contribution in [1.82, 2.24) is 9.80 Å². The molecule has 0 bridgehead atoms. The quantitative estimate of drug-likeness (QED) is 0.489. The Balaban J connectivity index is 1.63. The Morgan fingerprint density at radius 2 is 1.54 bits per heavy atom. The van der Waals surface area contributed by atoms with E-state index in [1.165, 1.54) is 12.0 Å². The molecule has 3 aromatic carbocycles. The summed E-state index contributed by atoms with van der Waals surface area (Å²) in [6, 6.07) is 24.1. The van der Waals surface area contributed by atoms with E-state index in [0.29, 0.717) is 18.0 Å². The molecular weight excluding hydrogens is 442 g/mol. The van der Waals surface area contributed by atoms with Gasteiger partial charge in [0.1, 0.15) is 17.4 Å². The molecule has 35 heavy (non-hydrogen) atoms. The summed E-state index contributed by atoms with van der Waals surface area (Å²) in [5.74, 6) is -0.212. The van der Waals surface area contributed by atoms with Crippen LogP contribution in [0, 0.1) is 0 Å². The minimum absolute atomic E-state index is 0.212. The highest BCUT2D eigenvalue weighted by Crippen LogP contribution is 2.32. The van der Waals surface area contributed by atoms with E-state index in [4.69, 9.17) is 9.47 Å². The summed E-state index contributed by atoms with van der Waals surface area (Å²) >= 11 is 0. The zero-order valence-corrected chi connectivity index (χ0v) is 19.6. The van der Waals surface area contributed by atoms with Crippen LogP contribution < -0.4 is 10.1 Å². The number of urea groups is 1. The number of benzene rings is 3. The zero-order valence-electron chi connectivity index (χ0n) is 19.6. The van der Waals surface area contributed by atoms with Crippen LogP contribution in [0.15, 0.2) is 104 Å². The van der Waals surface area contributed by atoms with Gasteiger partial charge < -0.3 is 19.7 Å². The number of methoxy groups -OCH3 is 1. The molecule has 1 aliphatic rings. The average molecular weight is 470 g/mol. The Morgan fingerprint density at radius 1 is 0.886 bits per heavy atom. The highest BCUT2D eigenvalue weighted by molar-refractivity contribution is 5.96. The van der Waals surface area contributed by atoms with Crippen molar-refractivity contribution in [3.63, 3.8) is 0 Å². The number of amides is 2. The molecule has 0 aromatic heterocycles. The number of carbonyl (C=O) groups excluding carboxylic acids is 2. The molecule has 0 saturated carbocycles. The van der Waals surface area contributed by atoms with Crippen molar-refractivity contribution >= 4 is 17.7 Å². The number of likely N-dealkylation sites (N-methyl/N-ethyl adjacent to an activating group) is 1. The normalized spacial score (nSPS) is 12.9. The maximum Gasteiger partial charge on any atom is 0.341 e. The summed E-state index contributed by atoms with van der Waals surface area (Å²) in [4.78, 5) is 28.8. The lowest BCUT2D eigenvalue weighted by atomic mass is 10.0. The summed E-state index contributed by atoms with van der Waals surface area (Å²) < 4.78 is 11.4. The topological polar surface area (TPSA) is 71.1 Å². The summed E-state index contributed by atoms with van der Waals surface area (Å²) in [7, 11) is 3.23. The van der Waals surface area contributed by atoms with E-state index in [2.05, 4.69) is 5.32 Å². The van der Waals surface area contributed by atoms with E-state index in [-0.39, 0.29) is 11.6 Å². The van der Waals surface area contributed by atoms with Gasteiger partial charge in [-0.1, -0.05) is 60.7 Å². The van der Waals surface area contributed by atoms with Gasteiger partial charge in [-0.2, -0.15) is 0 Å². The predicted molar refractivity (Wildman–Crippen MR) is 135 cm³/mol. The third-order valence-corrected chi connectivity index (χ3v) is 5.46. The molecule has 0 unspecified atom stereocenters. The zero-order chi connectivity index (χ0) is 24.6. The number of nitrogens with one attached hydrogen (secondary N) is 1. The van der Waals surface area contributed by atoms with Gasteiger partial charge in [0.2, 0.25) is 0 Å². The number of hydrogen-bond donors (Lipinski definition) is 1. The monoisotopic (exact) mass is 469 g/mol. The van der Waals surface area contributed by atoms with Crippen molar-refractivity contribution < 1.29 is 19.1 Å². The summed E-state index contributed by atoms with van der Waals surface area (Å²) in [6.07, 6.45) is 6.61. The van der Waals surface area contributed by atoms with E-state index in [1.54, 1.807) is 30.6 Å². The van der Waals surface area contributed by atoms with E-state index in [1.807, 2.05) is 84.9 Å². The Bertz CT molecular complexity index is 1190. The molecule has 0 radical (unpaired) electrons. The maximum atomic E-state index is 12.8. The predicted octanol–water partition coefficient (Wildman–Crippen LogP) is 5.41. The molecule has 0 saturated heterocycles. The first-order valence-corrected chi connectivity index (χ1v) is 11.2. The third kappa shape index (κ3) is 5.89. The number of ether oxygens (including phenoxy) is 2. The van der Waals surface area contributed by atoms with Crippen LogP contribution in [-0.2, 0) is 4.74 Å². The molecule has 4 rings (SSSR count). The van der Waals surface area contributed by atoms with Crippen LogP contribution in [0.3, 0.4) is 0 Å². The molecule has 2 amide bonds. The van der Waals surface area contributed by atoms with Crippen LogP contribution >= 0.6 is 0 Å². The van der Waals surface area contributed by atoms with E-state index < -0.39 is 12.1 Å². The molecule has 0 atom stereocenters. The molecule has 7 heteroatoms.